The van der Waals surface area contributed by atoms with E-state index in [0.29, 0.717) is 5.92 Å². The minimum atomic E-state index is 0.120. The van der Waals surface area contributed by atoms with Crippen molar-refractivity contribution in [3.05, 3.63) is 48.5 Å². The van der Waals surface area contributed by atoms with Gasteiger partial charge in [0.05, 0.1) is 0 Å². The van der Waals surface area contributed by atoms with Crippen LogP contribution < -0.4 is 10.6 Å². The molecule has 5 nitrogen and oxygen atoms in total. The van der Waals surface area contributed by atoms with E-state index in [4.69, 9.17) is 0 Å². The largest absolute Gasteiger partial charge is 0.355 e. The molecule has 5 heteroatoms. The minimum Gasteiger partial charge on any atom is -0.355 e. The molecule has 0 saturated heterocycles. The van der Waals surface area contributed by atoms with Crippen molar-refractivity contribution in [2.24, 2.45) is 17.8 Å². The number of carbonyl (C=O) groups is 2. The fourth-order valence-electron chi connectivity index (χ4n) is 5.65. The molecule has 34 heavy (non-hydrogen) atoms. The number of aromatic amines is 1. The van der Waals surface area contributed by atoms with E-state index in [1.54, 1.807) is 0 Å². The van der Waals surface area contributed by atoms with Crippen LogP contribution in [0.4, 0.5) is 11.4 Å². The molecule has 1 aromatic heterocycles. The number of hydrogen-bond donors (Lipinski definition) is 3. The highest BCUT2D eigenvalue weighted by molar-refractivity contribution is 5.96. The van der Waals surface area contributed by atoms with Crippen molar-refractivity contribution in [1.82, 2.24) is 4.98 Å². The number of carbonyl (C=O) groups excluding carboxylic acids is 2. The van der Waals surface area contributed by atoms with E-state index in [0.717, 1.165) is 78.5 Å². The molecule has 2 aliphatic rings. The molecule has 5 rings (SSSR count). The topological polar surface area (TPSA) is 74.0 Å². The Hall–Kier alpha value is -3.08. The number of fused-ring (bicyclic) bond motifs is 1. The minimum absolute atomic E-state index is 0.120. The number of benzene rings is 2. The SMILES string of the molecule is CC1CCCCC1C(=O)Nc1ccc(-c2cc3cc(NC(=O)C4CCCCC4)ccc3[nH]2)cc1. The van der Waals surface area contributed by atoms with Crippen LogP contribution in [0.2, 0.25) is 0 Å². The summed E-state index contributed by atoms with van der Waals surface area (Å²) in [5.41, 5.74) is 4.81. The Morgan fingerprint density at radius 1 is 0.765 bits per heavy atom. The van der Waals surface area contributed by atoms with Crippen LogP contribution in [0.3, 0.4) is 0 Å². The van der Waals surface area contributed by atoms with Crippen LogP contribution in [-0.4, -0.2) is 16.8 Å². The molecule has 2 atom stereocenters. The molecule has 0 spiro atoms. The maximum atomic E-state index is 12.7. The van der Waals surface area contributed by atoms with Crippen LogP contribution in [0.5, 0.6) is 0 Å². The molecule has 2 amide bonds. The summed E-state index contributed by atoms with van der Waals surface area (Å²) in [6.07, 6.45) is 10.1. The van der Waals surface area contributed by atoms with Crippen molar-refractivity contribution < 1.29 is 9.59 Å². The summed E-state index contributed by atoms with van der Waals surface area (Å²) in [6, 6.07) is 16.2. The Morgan fingerprint density at radius 3 is 2.21 bits per heavy atom. The van der Waals surface area contributed by atoms with Gasteiger partial charge in [-0.05, 0) is 73.6 Å². The Balaban J connectivity index is 1.25. The molecular weight excluding hydrogens is 422 g/mol. The van der Waals surface area contributed by atoms with E-state index in [1.165, 1.54) is 12.8 Å². The third-order valence-corrected chi connectivity index (χ3v) is 7.78. The van der Waals surface area contributed by atoms with E-state index >= 15 is 0 Å². The normalized spacial score (nSPS) is 21.3. The zero-order chi connectivity index (χ0) is 23.5. The number of nitrogens with one attached hydrogen (secondary N) is 3. The predicted molar refractivity (Wildman–Crippen MR) is 139 cm³/mol. The van der Waals surface area contributed by atoms with Crippen molar-refractivity contribution in [1.29, 1.82) is 0 Å². The monoisotopic (exact) mass is 457 g/mol. The summed E-state index contributed by atoms with van der Waals surface area (Å²) >= 11 is 0. The van der Waals surface area contributed by atoms with Gasteiger partial charge >= 0.3 is 0 Å². The Kier molecular flexibility index (Phi) is 6.70. The summed E-state index contributed by atoms with van der Waals surface area (Å²) in [5, 5.41) is 7.30. The standard InChI is InChI=1S/C29H35N3O2/c1-19-7-5-6-10-25(19)29(34)30-23-13-11-20(12-14-23)27-18-22-17-24(15-16-26(22)32-27)31-28(33)21-8-3-2-4-9-21/h11-19,21,25,32H,2-10H2,1H3,(H,30,34)(H,31,33). The summed E-state index contributed by atoms with van der Waals surface area (Å²) < 4.78 is 0. The molecule has 0 bridgehead atoms. The van der Waals surface area contributed by atoms with Gasteiger partial charge in [-0.3, -0.25) is 9.59 Å². The zero-order valence-corrected chi connectivity index (χ0v) is 20.0. The van der Waals surface area contributed by atoms with E-state index in [9.17, 15) is 9.59 Å². The quantitative estimate of drug-likeness (QED) is 0.382. The van der Waals surface area contributed by atoms with E-state index in [1.807, 2.05) is 42.5 Å². The average Bonchev–Trinajstić information content (AvgIpc) is 3.29. The van der Waals surface area contributed by atoms with Gasteiger partial charge in [0.1, 0.15) is 0 Å². The Morgan fingerprint density at radius 2 is 1.44 bits per heavy atom. The maximum absolute atomic E-state index is 12.7. The molecule has 1 heterocycles. The summed E-state index contributed by atoms with van der Waals surface area (Å²) in [6.45, 7) is 2.19. The second-order valence-corrected chi connectivity index (χ2v) is 10.2. The number of amides is 2. The first-order valence-corrected chi connectivity index (χ1v) is 12.9. The lowest BCUT2D eigenvalue weighted by molar-refractivity contribution is -0.122. The van der Waals surface area contributed by atoms with Gasteiger partial charge < -0.3 is 15.6 Å². The van der Waals surface area contributed by atoms with Crippen LogP contribution in [-0.2, 0) is 9.59 Å². The van der Waals surface area contributed by atoms with E-state index in [2.05, 4.69) is 28.6 Å². The smallest absolute Gasteiger partial charge is 0.227 e. The fourth-order valence-corrected chi connectivity index (χ4v) is 5.65. The van der Waals surface area contributed by atoms with Gasteiger partial charge in [-0.25, -0.2) is 0 Å². The van der Waals surface area contributed by atoms with Gasteiger partial charge in [0, 0.05) is 39.8 Å². The average molecular weight is 458 g/mol. The van der Waals surface area contributed by atoms with E-state index in [-0.39, 0.29) is 23.7 Å². The molecule has 178 valence electrons. The van der Waals surface area contributed by atoms with Crippen LogP contribution in [0.15, 0.2) is 48.5 Å². The van der Waals surface area contributed by atoms with Crippen LogP contribution in [0.1, 0.15) is 64.7 Å². The van der Waals surface area contributed by atoms with Crippen molar-refractivity contribution in [3.63, 3.8) is 0 Å². The molecule has 2 fully saturated rings. The first kappa shape index (κ1) is 22.7. The van der Waals surface area contributed by atoms with Crippen LogP contribution >= 0.6 is 0 Å². The third kappa shape index (κ3) is 5.03. The lowest BCUT2D eigenvalue weighted by atomic mass is 9.80. The van der Waals surface area contributed by atoms with Crippen molar-refractivity contribution >= 4 is 34.1 Å². The van der Waals surface area contributed by atoms with Gasteiger partial charge in [-0.15, -0.1) is 0 Å². The predicted octanol–water partition coefficient (Wildman–Crippen LogP) is 7.12. The lowest BCUT2D eigenvalue weighted by Gasteiger charge is -2.27. The first-order valence-electron chi connectivity index (χ1n) is 12.9. The van der Waals surface area contributed by atoms with Crippen molar-refractivity contribution in [3.8, 4) is 11.3 Å². The van der Waals surface area contributed by atoms with Crippen molar-refractivity contribution in [2.75, 3.05) is 10.6 Å². The number of H-pyrrole nitrogens is 1. The number of hydrogen-bond acceptors (Lipinski definition) is 2. The van der Waals surface area contributed by atoms with Gasteiger partial charge in [0.2, 0.25) is 11.8 Å². The molecule has 0 radical (unpaired) electrons. The highest BCUT2D eigenvalue weighted by Gasteiger charge is 2.27. The van der Waals surface area contributed by atoms with Crippen LogP contribution in [0.25, 0.3) is 22.2 Å². The molecule has 2 aromatic carbocycles. The zero-order valence-electron chi connectivity index (χ0n) is 20.0. The molecular formula is C29H35N3O2. The van der Waals surface area contributed by atoms with Crippen molar-refractivity contribution in [2.45, 2.75) is 64.7 Å². The number of aromatic nitrogens is 1. The fraction of sp³-hybridized carbons (Fsp3) is 0.448. The van der Waals surface area contributed by atoms with Gasteiger partial charge in [0.25, 0.3) is 0 Å². The lowest BCUT2D eigenvalue weighted by Crippen LogP contribution is -2.30. The molecule has 3 aromatic rings. The highest BCUT2D eigenvalue weighted by Crippen LogP contribution is 2.32. The number of rotatable bonds is 5. The second-order valence-electron chi connectivity index (χ2n) is 10.2. The molecule has 2 saturated carbocycles. The molecule has 3 N–H and O–H groups in total. The van der Waals surface area contributed by atoms with Gasteiger partial charge in [-0.1, -0.05) is 51.2 Å². The summed E-state index contributed by atoms with van der Waals surface area (Å²) in [4.78, 5) is 28.8. The highest BCUT2D eigenvalue weighted by atomic mass is 16.2. The second kappa shape index (κ2) is 10.0. The van der Waals surface area contributed by atoms with Gasteiger partial charge in [0.15, 0.2) is 0 Å². The summed E-state index contributed by atoms with van der Waals surface area (Å²) in [5.74, 6) is 1.02. The Labute approximate surface area is 201 Å². The van der Waals surface area contributed by atoms with E-state index < -0.39 is 0 Å². The maximum Gasteiger partial charge on any atom is 0.227 e. The first-order chi connectivity index (χ1) is 16.6. The summed E-state index contributed by atoms with van der Waals surface area (Å²) in [7, 11) is 0. The number of anilines is 2. The molecule has 2 unspecified atom stereocenters. The Bertz CT molecular complexity index is 1160. The molecule has 0 aliphatic heterocycles. The third-order valence-electron chi connectivity index (χ3n) is 7.78. The van der Waals surface area contributed by atoms with Crippen LogP contribution in [0, 0.1) is 17.8 Å². The molecule has 2 aliphatic carbocycles. The van der Waals surface area contributed by atoms with Gasteiger partial charge in [-0.2, -0.15) is 0 Å².